The van der Waals surface area contributed by atoms with Gasteiger partial charge in [-0.3, -0.25) is 9.48 Å². The van der Waals surface area contributed by atoms with Gasteiger partial charge in [-0.25, -0.2) is 0 Å². The zero-order valence-electron chi connectivity index (χ0n) is 14.6. The van der Waals surface area contributed by atoms with Gasteiger partial charge in [-0.05, 0) is 11.6 Å². The molecule has 3 rings (SSSR count). The van der Waals surface area contributed by atoms with Crippen LogP contribution in [-0.4, -0.2) is 50.4 Å². The van der Waals surface area contributed by atoms with Gasteiger partial charge in [0.25, 0.3) is 5.91 Å². The number of rotatable bonds is 4. The molecule has 0 aliphatic rings. The van der Waals surface area contributed by atoms with Crippen LogP contribution in [0.3, 0.4) is 0 Å². The molecule has 1 amide bonds. The molecule has 0 saturated heterocycles. The molecule has 1 heterocycles. The van der Waals surface area contributed by atoms with Crippen LogP contribution in [0.2, 0.25) is 0 Å². The fourth-order valence-corrected chi connectivity index (χ4v) is 2.58. The minimum absolute atomic E-state index is 0. The third-order valence-electron chi connectivity index (χ3n) is 3.85. The predicted molar refractivity (Wildman–Crippen MR) is 99.9 cm³/mol. The van der Waals surface area contributed by atoms with E-state index in [1.54, 1.807) is 23.9 Å². The van der Waals surface area contributed by atoms with Crippen molar-refractivity contribution in [3.63, 3.8) is 0 Å². The summed E-state index contributed by atoms with van der Waals surface area (Å²) in [6, 6.07) is 18.4. The Kier molecular flexibility index (Phi) is 6.58. The molecule has 2 N–H and O–H groups in total. The number of fused-ring (bicyclic) bond motifs is 1. The number of nitrogens with one attached hydrogen (secondary N) is 1. The van der Waals surface area contributed by atoms with Crippen LogP contribution in [-0.2, 0) is 18.4 Å². The predicted octanol–water partition coefficient (Wildman–Crippen LogP) is 2.30. The maximum absolute atomic E-state index is 12.3. The molecule has 6 nitrogen and oxygen atoms in total. The number of aryl methyl sites for hydroxylation is 1. The van der Waals surface area contributed by atoms with E-state index in [4.69, 9.17) is 0 Å². The largest absolute Gasteiger partial charge is 0.504 e. The number of carbonyl (C=O) groups excluding carboxylic acids is 1. The van der Waals surface area contributed by atoms with Crippen molar-refractivity contribution in [2.75, 3.05) is 0 Å². The van der Waals surface area contributed by atoms with Gasteiger partial charge < -0.3 is 10.4 Å². The zero-order chi connectivity index (χ0) is 17.8. The summed E-state index contributed by atoms with van der Waals surface area (Å²) in [5.41, 5.74) is 1.55. The first kappa shape index (κ1) is 19.7. The summed E-state index contributed by atoms with van der Waals surface area (Å²) in [4.78, 5) is 12.3. The normalized spacial score (nSPS) is 11.2. The average molecular weight is 355 g/mol. The Morgan fingerprint density at radius 1 is 1.19 bits per heavy atom. The number of nitrogens with zero attached hydrogens (tertiary/aromatic N) is 3. The Bertz CT molecular complexity index is 1000. The fraction of sp³-hybridized carbons (Fsp3) is 0.105. The molecule has 7 heteroatoms. The van der Waals surface area contributed by atoms with Gasteiger partial charge in [0.15, 0.2) is 11.3 Å². The molecule has 2 aromatic carbocycles. The summed E-state index contributed by atoms with van der Waals surface area (Å²) < 4.78 is 1.59. The topological polar surface area (TPSA) is 90.9 Å². The van der Waals surface area contributed by atoms with Crippen LogP contribution in [0.4, 0.5) is 0 Å². The van der Waals surface area contributed by atoms with Crippen LogP contribution in [0, 0.1) is 11.3 Å². The second kappa shape index (κ2) is 8.68. The minimum Gasteiger partial charge on any atom is -0.504 e. The Morgan fingerprint density at radius 2 is 1.85 bits per heavy atom. The Labute approximate surface area is 173 Å². The van der Waals surface area contributed by atoms with Gasteiger partial charge in [0.2, 0.25) is 0 Å². The van der Waals surface area contributed by atoms with Crippen LogP contribution in [0.15, 0.2) is 60.2 Å². The molecule has 1 radical (unpaired) electrons. The summed E-state index contributed by atoms with van der Waals surface area (Å²) in [5, 5.41) is 27.4. The summed E-state index contributed by atoms with van der Waals surface area (Å²) in [6.45, 7) is 0.265. The molecule has 0 unspecified atom stereocenters. The number of amides is 1. The smallest absolute Gasteiger partial charge is 0.266 e. The average Bonchev–Trinajstić information content (AvgIpc) is 2.98. The van der Waals surface area contributed by atoms with E-state index >= 15 is 0 Å². The Hall–Kier alpha value is -2.59. The summed E-state index contributed by atoms with van der Waals surface area (Å²) in [7, 11) is 1.74. The molecule has 3 aromatic rings. The maximum atomic E-state index is 12.3. The van der Waals surface area contributed by atoms with E-state index in [-0.39, 0.29) is 47.4 Å². The van der Waals surface area contributed by atoms with E-state index in [0.717, 1.165) is 11.1 Å². The van der Waals surface area contributed by atoms with E-state index in [1.165, 1.54) is 0 Å². The standard InChI is InChI=1S/C19H16N4O2.Na/c1-23-16-10-6-5-9-14(16)17(22-23)18(24)15(11-20)19(25)21-12-13-7-3-2-4-8-13;/h2-10,24H,12H2,1H3,(H,21,25);. The zero-order valence-corrected chi connectivity index (χ0v) is 16.6. The first-order valence-electron chi connectivity index (χ1n) is 7.69. The number of benzene rings is 2. The van der Waals surface area contributed by atoms with Crippen molar-refractivity contribution in [2.45, 2.75) is 6.54 Å². The second-order valence-electron chi connectivity index (χ2n) is 5.49. The third-order valence-corrected chi connectivity index (χ3v) is 3.85. The molecular formula is C19H16N4NaO2. The van der Waals surface area contributed by atoms with Gasteiger partial charge in [0, 0.05) is 48.5 Å². The van der Waals surface area contributed by atoms with Gasteiger partial charge in [-0.2, -0.15) is 10.4 Å². The second-order valence-corrected chi connectivity index (χ2v) is 5.49. The van der Waals surface area contributed by atoms with E-state index in [9.17, 15) is 15.2 Å². The molecule has 0 fully saturated rings. The van der Waals surface area contributed by atoms with Gasteiger partial charge in [-0.15, -0.1) is 0 Å². The summed E-state index contributed by atoms with van der Waals surface area (Å²) >= 11 is 0. The molecule has 0 aliphatic carbocycles. The van der Waals surface area contributed by atoms with Gasteiger partial charge in [-0.1, -0.05) is 48.5 Å². The fourth-order valence-electron chi connectivity index (χ4n) is 2.58. The van der Waals surface area contributed by atoms with Crippen LogP contribution in [0.5, 0.6) is 0 Å². The number of aliphatic hydroxyl groups excluding tert-OH is 1. The molecule has 26 heavy (non-hydrogen) atoms. The van der Waals surface area contributed by atoms with E-state index in [0.29, 0.717) is 5.39 Å². The number of para-hydroxylation sites is 1. The van der Waals surface area contributed by atoms with Crippen molar-refractivity contribution < 1.29 is 9.90 Å². The van der Waals surface area contributed by atoms with Crippen molar-refractivity contribution in [3.8, 4) is 6.07 Å². The molecule has 0 atom stereocenters. The van der Waals surface area contributed by atoms with Crippen LogP contribution in [0.1, 0.15) is 11.3 Å². The van der Waals surface area contributed by atoms with E-state index in [1.807, 2.05) is 48.5 Å². The minimum atomic E-state index is -0.640. The van der Waals surface area contributed by atoms with Gasteiger partial charge in [0.05, 0.1) is 5.52 Å². The third kappa shape index (κ3) is 3.97. The van der Waals surface area contributed by atoms with Gasteiger partial charge >= 0.3 is 0 Å². The number of aliphatic hydroxyl groups is 1. The molecule has 0 aliphatic heterocycles. The SMILES string of the molecule is Cn1nc(C(O)=C(C#N)C(=O)NCc2ccccc2)c2ccccc21.[Na]. The van der Waals surface area contributed by atoms with Crippen molar-refractivity contribution >= 4 is 52.1 Å². The molecule has 1 aromatic heterocycles. The number of aromatic nitrogens is 2. The molecule has 125 valence electrons. The van der Waals surface area contributed by atoms with Crippen LogP contribution < -0.4 is 5.32 Å². The Morgan fingerprint density at radius 3 is 2.54 bits per heavy atom. The molecular weight excluding hydrogens is 339 g/mol. The van der Waals surface area contributed by atoms with Crippen LogP contribution in [0.25, 0.3) is 16.7 Å². The van der Waals surface area contributed by atoms with Crippen molar-refractivity contribution in [1.82, 2.24) is 15.1 Å². The van der Waals surface area contributed by atoms with Crippen LogP contribution >= 0.6 is 0 Å². The molecule has 0 spiro atoms. The monoisotopic (exact) mass is 355 g/mol. The van der Waals surface area contributed by atoms with Gasteiger partial charge in [0.1, 0.15) is 11.8 Å². The van der Waals surface area contributed by atoms with Crippen molar-refractivity contribution in [2.24, 2.45) is 7.05 Å². The quantitative estimate of drug-likeness (QED) is 0.325. The molecule has 0 bridgehead atoms. The van der Waals surface area contributed by atoms with E-state index < -0.39 is 11.7 Å². The molecule has 0 saturated carbocycles. The summed E-state index contributed by atoms with van der Waals surface area (Å²) in [5.74, 6) is -1.07. The first-order chi connectivity index (χ1) is 12.1. The Balaban J connectivity index is 0.00000243. The number of carbonyl (C=O) groups is 1. The number of hydrogen-bond donors (Lipinski definition) is 2. The maximum Gasteiger partial charge on any atom is 0.266 e. The first-order valence-corrected chi connectivity index (χ1v) is 7.69. The van der Waals surface area contributed by atoms with Crippen molar-refractivity contribution in [3.05, 3.63) is 71.4 Å². The number of hydrogen-bond acceptors (Lipinski definition) is 4. The van der Waals surface area contributed by atoms with Crippen molar-refractivity contribution in [1.29, 1.82) is 5.26 Å². The van der Waals surface area contributed by atoms with E-state index in [2.05, 4.69) is 10.4 Å². The summed E-state index contributed by atoms with van der Waals surface area (Å²) in [6.07, 6.45) is 0. The number of nitriles is 1.